The maximum Gasteiger partial charge on any atom is 0.357 e. The molecule has 0 saturated carbocycles. The number of hydrogen-bond acceptors (Lipinski definition) is 4. The van der Waals surface area contributed by atoms with Crippen molar-refractivity contribution in [3.8, 4) is 28.1 Å². The molecule has 1 heterocycles. The summed E-state index contributed by atoms with van der Waals surface area (Å²) in [5.74, 6) is -0.236. The number of carbonyl (C=O) groups is 1. The largest absolute Gasteiger partial charge is 0.497 e. The van der Waals surface area contributed by atoms with Crippen LogP contribution >= 0.6 is 0 Å². The lowest BCUT2D eigenvalue weighted by Crippen LogP contribution is -2.09. The van der Waals surface area contributed by atoms with Gasteiger partial charge in [0.15, 0.2) is 5.69 Å². The van der Waals surface area contributed by atoms with E-state index in [0.29, 0.717) is 22.6 Å². The van der Waals surface area contributed by atoms with Crippen LogP contribution in [0.2, 0.25) is 0 Å². The molecule has 4 aromatic rings. The Balaban J connectivity index is 2.13. The number of methoxy groups -OCH3 is 2. The highest BCUT2D eigenvalue weighted by atomic mass is 19.1. The van der Waals surface area contributed by atoms with Crippen molar-refractivity contribution in [3.63, 3.8) is 0 Å². The molecule has 4 rings (SSSR count). The van der Waals surface area contributed by atoms with Crippen molar-refractivity contribution in [1.29, 1.82) is 0 Å². The number of rotatable bonds is 4. The molecular formula is C24H18FNO3. The number of halogens is 1. The summed E-state index contributed by atoms with van der Waals surface area (Å²) in [6.07, 6.45) is 0. The lowest BCUT2D eigenvalue weighted by Gasteiger charge is -2.16. The zero-order valence-electron chi connectivity index (χ0n) is 16.0. The Kier molecular flexibility index (Phi) is 4.96. The van der Waals surface area contributed by atoms with Crippen LogP contribution in [0.1, 0.15) is 10.5 Å². The van der Waals surface area contributed by atoms with E-state index in [4.69, 9.17) is 14.5 Å². The molecule has 0 aliphatic rings. The predicted molar refractivity (Wildman–Crippen MR) is 110 cm³/mol. The highest BCUT2D eigenvalue weighted by molar-refractivity contribution is 6.11. The Morgan fingerprint density at radius 1 is 0.862 bits per heavy atom. The number of aromatic nitrogens is 1. The number of nitrogens with zero attached hydrogens (tertiary/aromatic N) is 1. The Labute approximate surface area is 167 Å². The normalized spacial score (nSPS) is 10.7. The number of pyridine rings is 1. The van der Waals surface area contributed by atoms with Gasteiger partial charge in [0, 0.05) is 16.5 Å². The molecule has 0 radical (unpaired) electrons. The van der Waals surface area contributed by atoms with E-state index in [0.717, 1.165) is 16.3 Å². The third-order valence-corrected chi connectivity index (χ3v) is 4.77. The molecule has 29 heavy (non-hydrogen) atoms. The van der Waals surface area contributed by atoms with Crippen molar-refractivity contribution in [1.82, 2.24) is 4.98 Å². The molecule has 0 saturated heterocycles. The molecule has 144 valence electrons. The zero-order valence-corrected chi connectivity index (χ0v) is 16.0. The summed E-state index contributed by atoms with van der Waals surface area (Å²) in [6.45, 7) is 0. The number of carbonyl (C=O) groups excluding carboxylic acids is 1. The van der Waals surface area contributed by atoms with Crippen LogP contribution in [0.25, 0.3) is 33.2 Å². The highest BCUT2D eigenvalue weighted by Crippen LogP contribution is 2.38. The molecule has 1 aromatic heterocycles. The van der Waals surface area contributed by atoms with Crippen LogP contribution in [0.5, 0.6) is 5.75 Å². The Hall–Kier alpha value is -3.73. The Morgan fingerprint density at radius 3 is 2.24 bits per heavy atom. The van der Waals surface area contributed by atoms with E-state index < -0.39 is 5.97 Å². The monoisotopic (exact) mass is 387 g/mol. The summed E-state index contributed by atoms with van der Waals surface area (Å²) >= 11 is 0. The van der Waals surface area contributed by atoms with Gasteiger partial charge in [-0.1, -0.05) is 42.5 Å². The SMILES string of the molecule is COC(=O)c1nc(-c2ccccc2)c2cc(OC)ccc2c1-c1ccc(F)cc1. The minimum Gasteiger partial charge on any atom is -0.497 e. The van der Waals surface area contributed by atoms with E-state index in [1.165, 1.54) is 19.2 Å². The minimum absolute atomic E-state index is 0.177. The molecule has 0 spiro atoms. The van der Waals surface area contributed by atoms with Gasteiger partial charge in [0.05, 0.1) is 19.9 Å². The second kappa shape index (κ2) is 7.72. The fraction of sp³-hybridized carbons (Fsp3) is 0.0833. The van der Waals surface area contributed by atoms with Gasteiger partial charge in [-0.2, -0.15) is 0 Å². The average molecular weight is 387 g/mol. The van der Waals surface area contributed by atoms with Crippen molar-refractivity contribution in [3.05, 3.63) is 84.3 Å². The molecule has 0 unspecified atom stereocenters. The van der Waals surface area contributed by atoms with Crippen LogP contribution in [0.3, 0.4) is 0 Å². The first kappa shape index (κ1) is 18.6. The van der Waals surface area contributed by atoms with Crippen LogP contribution in [0.4, 0.5) is 4.39 Å². The van der Waals surface area contributed by atoms with Crippen LogP contribution < -0.4 is 4.74 Å². The molecule has 5 heteroatoms. The van der Waals surface area contributed by atoms with Gasteiger partial charge in [-0.25, -0.2) is 14.2 Å². The number of fused-ring (bicyclic) bond motifs is 1. The third-order valence-electron chi connectivity index (χ3n) is 4.77. The Bertz CT molecular complexity index is 1190. The second-order valence-electron chi connectivity index (χ2n) is 6.46. The fourth-order valence-corrected chi connectivity index (χ4v) is 3.39. The highest BCUT2D eigenvalue weighted by Gasteiger charge is 2.22. The number of benzene rings is 3. The molecule has 3 aromatic carbocycles. The zero-order chi connectivity index (χ0) is 20.4. The van der Waals surface area contributed by atoms with Gasteiger partial charge < -0.3 is 9.47 Å². The quantitative estimate of drug-likeness (QED) is 0.434. The molecule has 0 atom stereocenters. The summed E-state index contributed by atoms with van der Waals surface area (Å²) < 4.78 is 23.9. The van der Waals surface area contributed by atoms with Crippen molar-refractivity contribution in [2.24, 2.45) is 0 Å². The first-order chi connectivity index (χ1) is 14.1. The van der Waals surface area contributed by atoms with Crippen molar-refractivity contribution in [2.45, 2.75) is 0 Å². The summed E-state index contributed by atoms with van der Waals surface area (Å²) in [6, 6.07) is 21.2. The summed E-state index contributed by atoms with van der Waals surface area (Å²) in [5, 5.41) is 1.62. The first-order valence-corrected chi connectivity index (χ1v) is 9.04. The van der Waals surface area contributed by atoms with Crippen LogP contribution in [0, 0.1) is 5.82 Å². The van der Waals surface area contributed by atoms with Gasteiger partial charge in [0.1, 0.15) is 11.6 Å². The fourth-order valence-electron chi connectivity index (χ4n) is 3.39. The number of ether oxygens (including phenoxy) is 2. The van der Waals surface area contributed by atoms with Gasteiger partial charge in [-0.05, 0) is 41.3 Å². The molecular weight excluding hydrogens is 369 g/mol. The first-order valence-electron chi connectivity index (χ1n) is 9.04. The minimum atomic E-state index is -0.556. The van der Waals surface area contributed by atoms with E-state index in [1.54, 1.807) is 19.2 Å². The van der Waals surface area contributed by atoms with Gasteiger partial charge in [-0.15, -0.1) is 0 Å². The topological polar surface area (TPSA) is 48.4 Å². The molecule has 0 bridgehead atoms. The lowest BCUT2D eigenvalue weighted by molar-refractivity contribution is 0.0595. The van der Waals surface area contributed by atoms with Gasteiger partial charge >= 0.3 is 5.97 Å². The maximum atomic E-state index is 13.5. The smallest absolute Gasteiger partial charge is 0.357 e. The molecule has 0 fully saturated rings. The average Bonchev–Trinajstić information content (AvgIpc) is 2.78. The molecule has 0 N–H and O–H groups in total. The summed E-state index contributed by atoms with van der Waals surface area (Å²) in [5.41, 5.74) is 2.95. The summed E-state index contributed by atoms with van der Waals surface area (Å²) in [7, 11) is 2.92. The lowest BCUT2D eigenvalue weighted by atomic mass is 9.93. The molecule has 4 nitrogen and oxygen atoms in total. The van der Waals surface area contributed by atoms with E-state index >= 15 is 0 Å². The van der Waals surface area contributed by atoms with Gasteiger partial charge in [0.2, 0.25) is 0 Å². The van der Waals surface area contributed by atoms with Crippen molar-refractivity contribution < 1.29 is 18.7 Å². The molecule has 0 aliphatic heterocycles. The van der Waals surface area contributed by atoms with Crippen LogP contribution in [-0.4, -0.2) is 25.2 Å². The molecule has 0 aliphatic carbocycles. The van der Waals surface area contributed by atoms with Crippen molar-refractivity contribution in [2.75, 3.05) is 14.2 Å². The number of hydrogen-bond donors (Lipinski definition) is 0. The van der Waals surface area contributed by atoms with Crippen LogP contribution in [-0.2, 0) is 4.74 Å². The van der Waals surface area contributed by atoms with Crippen molar-refractivity contribution >= 4 is 16.7 Å². The second-order valence-corrected chi connectivity index (χ2v) is 6.46. The summed E-state index contributed by atoms with van der Waals surface area (Å²) in [4.78, 5) is 17.3. The number of esters is 1. The molecule has 0 amide bonds. The standard InChI is InChI=1S/C24H18FNO3/c1-28-18-12-13-19-20(14-18)22(16-6-4-3-5-7-16)26-23(24(27)29-2)21(19)15-8-10-17(25)11-9-15/h3-14H,1-2H3. The van der Waals surface area contributed by atoms with Gasteiger partial charge in [0.25, 0.3) is 0 Å². The van der Waals surface area contributed by atoms with Crippen LogP contribution in [0.15, 0.2) is 72.8 Å². The van der Waals surface area contributed by atoms with E-state index in [1.807, 2.05) is 48.5 Å². The maximum absolute atomic E-state index is 13.5. The predicted octanol–water partition coefficient (Wildman–Crippen LogP) is 5.50. The van der Waals surface area contributed by atoms with E-state index in [9.17, 15) is 9.18 Å². The van der Waals surface area contributed by atoms with E-state index in [-0.39, 0.29) is 11.5 Å². The van der Waals surface area contributed by atoms with E-state index in [2.05, 4.69) is 0 Å². The third kappa shape index (κ3) is 3.43. The Morgan fingerprint density at radius 2 is 1.59 bits per heavy atom. The van der Waals surface area contributed by atoms with Gasteiger partial charge in [-0.3, -0.25) is 0 Å².